The van der Waals surface area contributed by atoms with Gasteiger partial charge in [-0.25, -0.2) is 18.0 Å². The molecule has 11 heteroatoms. The van der Waals surface area contributed by atoms with Crippen molar-refractivity contribution < 1.29 is 32.2 Å². The van der Waals surface area contributed by atoms with E-state index in [0.29, 0.717) is 17.9 Å². The van der Waals surface area contributed by atoms with Gasteiger partial charge >= 0.3 is 6.09 Å². The normalized spacial score (nSPS) is 21.1. The van der Waals surface area contributed by atoms with E-state index in [1.54, 1.807) is 15.8 Å². The van der Waals surface area contributed by atoms with Gasteiger partial charge in [0.2, 0.25) is 5.91 Å². The first-order valence-corrected chi connectivity index (χ1v) is 9.73. The molecule has 1 saturated heterocycles. The molecule has 1 fully saturated rings. The molecule has 4 rings (SSSR count). The fraction of sp³-hybridized carbons (Fsp3) is 0.450. The van der Waals surface area contributed by atoms with Crippen molar-refractivity contribution in [3.05, 3.63) is 47.0 Å². The van der Waals surface area contributed by atoms with Gasteiger partial charge in [-0.1, -0.05) is 0 Å². The van der Waals surface area contributed by atoms with Crippen molar-refractivity contribution in [1.82, 2.24) is 14.7 Å². The third kappa shape index (κ3) is 3.97. The number of ether oxygens (including phenoxy) is 2. The summed E-state index contributed by atoms with van der Waals surface area (Å²) < 4.78 is 52.4. The molecule has 2 atom stereocenters. The van der Waals surface area contributed by atoms with Gasteiger partial charge in [0, 0.05) is 13.2 Å². The summed E-state index contributed by atoms with van der Waals surface area (Å²) in [6, 6.07) is 1.38. The van der Waals surface area contributed by atoms with Crippen LogP contribution in [0.2, 0.25) is 0 Å². The lowest BCUT2D eigenvalue weighted by Crippen LogP contribution is -2.49. The Kier molecular flexibility index (Phi) is 5.61. The Hall–Kier alpha value is -3.08. The highest BCUT2D eigenvalue weighted by atomic mass is 19.2. The van der Waals surface area contributed by atoms with Crippen molar-refractivity contribution in [3.8, 4) is 0 Å². The van der Waals surface area contributed by atoms with Crippen molar-refractivity contribution in [3.63, 3.8) is 0 Å². The maximum absolute atomic E-state index is 13.5. The predicted molar refractivity (Wildman–Crippen MR) is 102 cm³/mol. The highest BCUT2D eigenvalue weighted by Gasteiger charge is 2.35. The maximum atomic E-state index is 13.5. The number of fused-ring (bicyclic) bond motifs is 1. The van der Waals surface area contributed by atoms with Crippen LogP contribution in [0.1, 0.15) is 18.2 Å². The van der Waals surface area contributed by atoms with E-state index in [0.717, 1.165) is 12.1 Å². The molecular weight excluding hydrogens is 417 g/mol. The minimum atomic E-state index is -1.57. The Balaban J connectivity index is 1.56. The molecule has 1 aromatic carbocycles. The second-order valence-corrected chi connectivity index (χ2v) is 7.62. The van der Waals surface area contributed by atoms with Crippen LogP contribution in [0.4, 0.5) is 23.7 Å². The summed E-state index contributed by atoms with van der Waals surface area (Å²) in [5.74, 6) is -4.64. The minimum Gasteiger partial charge on any atom is -0.446 e. The largest absolute Gasteiger partial charge is 0.446 e. The number of amides is 2. The van der Waals surface area contributed by atoms with Crippen LogP contribution in [-0.2, 0) is 33.8 Å². The van der Waals surface area contributed by atoms with Gasteiger partial charge in [-0.3, -0.25) is 14.4 Å². The fourth-order valence-corrected chi connectivity index (χ4v) is 3.84. The number of hydrogen-bond donors (Lipinski definition) is 0. The van der Waals surface area contributed by atoms with Gasteiger partial charge < -0.3 is 14.4 Å². The summed E-state index contributed by atoms with van der Waals surface area (Å²) >= 11 is 0. The molecule has 0 N–H and O–H groups in total. The first-order valence-electron chi connectivity index (χ1n) is 9.73. The molecule has 2 amide bonds. The standard InChI is InChI=1S/C20H21F3N4O4/c1-11-7-27-17(16(6-24-27)26-8-13(30-2)10-31-20(26)29)9-25(11)18(28)5-12-3-14(21)19(23)15(22)4-12/h3-4,6,11,13H,5,7-10H2,1-2H3/t11-,13-/m0/s1. The smallest absolute Gasteiger partial charge is 0.414 e. The SMILES string of the molecule is CO[C@@H]1COC(=O)N(c2cnn3c2CN(C(=O)Cc2cc(F)c(F)c(F)c2)[C@@H](C)C3)C1. The number of anilines is 1. The second-order valence-electron chi connectivity index (χ2n) is 7.62. The number of halogens is 3. The lowest BCUT2D eigenvalue weighted by Gasteiger charge is -2.36. The lowest BCUT2D eigenvalue weighted by molar-refractivity contribution is -0.134. The lowest BCUT2D eigenvalue weighted by atomic mass is 10.1. The van der Waals surface area contributed by atoms with Crippen LogP contribution < -0.4 is 4.90 Å². The highest BCUT2D eigenvalue weighted by molar-refractivity contribution is 5.89. The van der Waals surface area contributed by atoms with Crippen molar-refractivity contribution in [2.24, 2.45) is 0 Å². The third-order valence-corrected chi connectivity index (χ3v) is 5.56. The van der Waals surface area contributed by atoms with Crippen LogP contribution in [0, 0.1) is 17.5 Å². The molecule has 0 spiro atoms. The van der Waals surface area contributed by atoms with Crippen LogP contribution in [0.25, 0.3) is 0 Å². The number of carbonyl (C=O) groups excluding carboxylic acids is 2. The zero-order chi connectivity index (χ0) is 22.3. The van der Waals surface area contributed by atoms with E-state index >= 15 is 0 Å². The zero-order valence-corrected chi connectivity index (χ0v) is 17.0. The van der Waals surface area contributed by atoms with Gasteiger partial charge in [-0.2, -0.15) is 5.10 Å². The summed E-state index contributed by atoms with van der Waals surface area (Å²) in [6.07, 6.45) is 0.425. The van der Waals surface area contributed by atoms with E-state index in [4.69, 9.17) is 9.47 Å². The molecule has 0 unspecified atom stereocenters. The topological polar surface area (TPSA) is 76.9 Å². The quantitative estimate of drug-likeness (QED) is 0.685. The Labute approximate surface area is 176 Å². The van der Waals surface area contributed by atoms with Gasteiger partial charge in [0.05, 0.1) is 43.6 Å². The molecule has 0 aliphatic carbocycles. The molecule has 2 aromatic rings. The number of hydrogen-bond acceptors (Lipinski definition) is 5. The van der Waals surface area contributed by atoms with Gasteiger partial charge in [0.1, 0.15) is 12.7 Å². The first-order chi connectivity index (χ1) is 14.8. The molecule has 0 radical (unpaired) electrons. The summed E-state index contributed by atoms with van der Waals surface area (Å²) in [6.45, 7) is 2.78. The predicted octanol–water partition coefficient (Wildman–Crippen LogP) is 2.25. The average Bonchev–Trinajstić information content (AvgIpc) is 3.14. The Morgan fingerprint density at radius 1 is 1.26 bits per heavy atom. The van der Waals surface area contributed by atoms with Crippen LogP contribution in [0.15, 0.2) is 18.3 Å². The van der Waals surface area contributed by atoms with Crippen molar-refractivity contribution in [1.29, 1.82) is 0 Å². The molecule has 0 saturated carbocycles. The van der Waals surface area contributed by atoms with E-state index in [1.165, 1.54) is 12.0 Å². The van der Waals surface area contributed by atoms with Crippen molar-refractivity contribution >= 4 is 17.7 Å². The zero-order valence-electron chi connectivity index (χ0n) is 17.0. The number of nitrogens with zero attached hydrogens (tertiary/aromatic N) is 4. The summed E-state index contributed by atoms with van der Waals surface area (Å²) in [5, 5.41) is 4.33. The van der Waals surface area contributed by atoms with E-state index in [2.05, 4.69) is 5.10 Å². The van der Waals surface area contributed by atoms with Gasteiger partial charge in [0.25, 0.3) is 0 Å². The van der Waals surface area contributed by atoms with Gasteiger partial charge in [-0.15, -0.1) is 0 Å². The van der Waals surface area contributed by atoms with E-state index in [1.807, 2.05) is 6.92 Å². The molecule has 0 bridgehead atoms. The van der Waals surface area contributed by atoms with Crippen LogP contribution >= 0.6 is 0 Å². The van der Waals surface area contributed by atoms with Crippen LogP contribution in [0.3, 0.4) is 0 Å². The molecule has 31 heavy (non-hydrogen) atoms. The highest BCUT2D eigenvalue weighted by Crippen LogP contribution is 2.29. The molecule has 2 aliphatic heterocycles. The molecular formula is C20H21F3N4O4. The number of methoxy groups -OCH3 is 1. The van der Waals surface area contributed by atoms with E-state index < -0.39 is 23.5 Å². The summed E-state index contributed by atoms with van der Waals surface area (Å²) in [4.78, 5) is 28.1. The Morgan fingerprint density at radius 2 is 1.97 bits per heavy atom. The van der Waals surface area contributed by atoms with E-state index in [9.17, 15) is 22.8 Å². The van der Waals surface area contributed by atoms with E-state index in [-0.39, 0.29) is 49.7 Å². The number of carbonyl (C=O) groups is 2. The minimum absolute atomic E-state index is 0.0375. The Morgan fingerprint density at radius 3 is 2.65 bits per heavy atom. The van der Waals surface area contributed by atoms with Gasteiger partial charge in [0.15, 0.2) is 17.5 Å². The summed E-state index contributed by atoms with van der Waals surface area (Å²) in [5.41, 5.74) is 1.18. The Bertz CT molecular complexity index is 1000. The maximum Gasteiger partial charge on any atom is 0.414 e. The van der Waals surface area contributed by atoms with Gasteiger partial charge in [-0.05, 0) is 24.6 Å². The average molecular weight is 438 g/mol. The number of cyclic esters (lactones) is 1. The molecule has 3 heterocycles. The second kappa shape index (κ2) is 8.22. The molecule has 166 valence electrons. The fourth-order valence-electron chi connectivity index (χ4n) is 3.84. The summed E-state index contributed by atoms with van der Waals surface area (Å²) in [7, 11) is 1.53. The number of aromatic nitrogens is 2. The van der Waals surface area contributed by atoms with Crippen molar-refractivity contribution in [2.75, 3.05) is 25.2 Å². The molecule has 2 aliphatic rings. The van der Waals surface area contributed by atoms with Crippen LogP contribution in [0.5, 0.6) is 0 Å². The van der Waals surface area contributed by atoms with Crippen molar-refractivity contribution in [2.45, 2.75) is 38.6 Å². The van der Waals surface area contributed by atoms with Crippen LogP contribution in [-0.4, -0.2) is 59.1 Å². The number of rotatable bonds is 4. The number of benzene rings is 1. The first kappa shape index (κ1) is 21.2. The molecule has 1 aromatic heterocycles. The molecule has 8 nitrogen and oxygen atoms in total. The third-order valence-electron chi connectivity index (χ3n) is 5.56. The monoisotopic (exact) mass is 438 g/mol.